The summed E-state index contributed by atoms with van der Waals surface area (Å²) >= 11 is 0. The highest BCUT2D eigenvalue weighted by molar-refractivity contribution is 6.60. The molecule has 0 aliphatic heterocycles. The van der Waals surface area contributed by atoms with E-state index in [0.29, 0.717) is 0 Å². The van der Waals surface area contributed by atoms with Crippen molar-refractivity contribution in [1.29, 1.82) is 0 Å². The molecule has 0 spiro atoms. The molecule has 4 heteroatoms. The summed E-state index contributed by atoms with van der Waals surface area (Å²) in [6.07, 6.45) is 9.14. The molecule has 3 atom stereocenters. The van der Waals surface area contributed by atoms with E-state index in [9.17, 15) is 0 Å². The van der Waals surface area contributed by atoms with Crippen molar-refractivity contribution in [1.82, 2.24) is 0 Å². The highest BCUT2D eigenvalue weighted by atomic mass is 28.4. The van der Waals surface area contributed by atoms with E-state index >= 15 is 0 Å². The Morgan fingerprint density at radius 1 is 0.864 bits per heavy atom. The predicted octanol–water partition coefficient (Wildman–Crippen LogP) is 4.80. The maximum Gasteiger partial charge on any atom is 0.501 e. The van der Waals surface area contributed by atoms with Crippen molar-refractivity contribution in [3.05, 3.63) is 12.2 Å². The van der Waals surface area contributed by atoms with E-state index < -0.39 is 8.80 Å². The van der Waals surface area contributed by atoms with Gasteiger partial charge in [-0.3, -0.25) is 0 Å². The van der Waals surface area contributed by atoms with Crippen LogP contribution in [-0.2, 0) is 13.3 Å². The molecule has 0 amide bonds. The van der Waals surface area contributed by atoms with Gasteiger partial charge in [-0.15, -0.1) is 0 Å². The summed E-state index contributed by atoms with van der Waals surface area (Å²) in [7, 11) is -2.60. The Labute approximate surface area is 137 Å². The summed E-state index contributed by atoms with van der Waals surface area (Å²) in [6, 6.07) is 0.948. The number of fused-ring (bicyclic) bond motifs is 2. The molecule has 2 aliphatic rings. The molecule has 22 heavy (non-hydrogen) atoms. The molecule has 0 aromatic rings. The van der Waals surface area contributed by atoms with Gasteiger partial charge in [0.05, 0.1) is 0 Å². The van der Waals surface area contributed by atoms with Gasteiger partial charge in [-0.25, -0.2) is 0 Å². The standard InChI is InChI=1S/C18H34O3Si/c1-13(2)19-22(20-14(3)4,21-15(5)6)10-9-18-12-16-7-8-17(18)11-16/h7-8,13-18H,9-12H2,1-6H3. The smallest absolute Gasteiger partial charge is 0.371 e. The van der Waals surface area contributed by atoms with Crippen LogP contribution in [-0.4, -0.2) is 27.1 Å². The van der Waals surface area contributed by atoms with Gasteiger partial charge in [-0.1, -0.05) is 12.2 Å². The molecule has 0 heterocycles. The summed E-state index contributed by atoms with van der Waals surface area (Å²) in [5, 5.41) is 0. The Morgan fingerprint density at radius 3 is 1.77 bits per heavy atom. The summed E-state index contributed by atoms with van der Waals surface area (Å²) in [4.78, 5) is 0. The lowest BCUT2D eigenvalue weighted by Crippen LogP contribution is -2.50. The molecule has 0 aromatic heterocycles. The first kappa shape index (κ1) is 18.2. The molecule has 0 radical (unpaired) electrons. The lowest BCUT2D eigenvalue weighted by atomic mass is 9.91. The normalized spacial score (nSPS) is 27.8. The molecule has 2 bridgehead atoms. The van der Waals surface area contributed by atoms with E-state index in [4.69, 9.17) is 13.3 Å². The third-order valence-electron chi connectivity index (χ3n) is 4.48. The Hall–Kier alpha value is -0.163. The number of hydrogen-bond donors (Lipinski definition) is 0. The highest BCUT2D eigenvalue weighted by Crippen LogP contribution is 2.46. The summed E-state index contributed by atoms with van der Waals surface area (Å²) in [5.41, 5.74) is 0. The van der Waals surface area contributed by atoms with Gasteiger partial charge in [-0.2, -0.15) is 0 Å². The van der Waals surface area contributed by atoms with E-state index in [1.54, 1.807) is 0 Å². The van der Waals surface area contributed by atoms with Crippen molar-refractivity contribution >= 4 is 8.80 Å². The quantitative estimate of drug-likeness (QED) is 0.450. The molecule has 3 nitrogen and oxygen atoms in total. The zero-order valence-electron chi connectivity index (χ0n) is 15.2. The first-order valence-electron chi connectivity index (χ1n) is 9.01. The van der Waals surface area contributed by atoms with E-state index in [1.807, 2.05) is 0 Å². The van der Waals surface area contributed by atoms with Crippen molar-refractivity contribution in [2.45, 2.75) is 85.2 Å². The largest absolute Gasteiger partial charge is 0.501 e. The highest BCUT2D eigenvalue weighted by Gasteiger charge is 2.46. The Kier molecular flexibility index (Phi) is 6.28. The monoisotopic (exact) mass is 326 g/mol. The maximum absolute atomic E-state index is 6.28. The first-order chi connectivity index (χ1) is 10.3. The second kappa shape index (κ2) is 7.60. The van der Waals surface area contributed by atoms with Crippen molar-refractivity contribution < 1.29 is 13.3 Å². The predicted molar refractivity (Wildman–Crippen MR) is 92.7 cm³/mol. The Bertz CT molecular complexity index is 352. The van der Waals surface area contributed by atoms with Crippen molar-refractivity contribution in [3.63, 3.8) is 0 Å². The van der Waals surface area contributed by atoms with Gasteiger partial charge in [0.25, 0.3) is 0 Å². The van der Waals surface area contributed by atoms with Crippen LogP contribution in [0.3, 0.4) is 0 Å². The van der Waals surface area contributed by atoms with Gasteiger partial charge in [0, 0.05) is 24.4 Å². The molecule has 0 aromatic carbocycles. The second-order valence-corrected chi connectivity index (χ2v) is 10.3. The summed E-state index contributed by atoms with van der Waals surface area (Å²) in [6.45, 7) is 12.5. The minimum atomic E-state index is -2.60. The topological polar surface area (TPSA) is 27.7 Å². The van der Waals surface area contributed by atoms with E-state index in [2.05, 4.69) is 53.7 Å². The molecule has 2 rings (SSSR count). The summed E-state index contributed by atoms with van der Waals surface area (Å²) < 4.78 is 18.8. The van der Waals surface area contributed by atoms with Crippen LogP contribution in [0.4, 0.5) is 0 Å². The fourth-order valence-electron chi connectivity index (χ4n) is 3.93. The molecule has 1 fully saturated rings. The molecule has 3 unspecified atom stereocenters. The summed E-state index contributed by atoms with van der Waals surface area (Å²) in [5.74, 6) is 2.41. The van der Waals surface area contributed by atoms with Gasteiger partial charge in [0.2, 0.25) is 0 Å². The first-order valence-corrected chi connectivity index (χ1v) is 10.9. The SMILES string of the molecule is CC(C)O[Si](CCC1CC2C=CC1C2)(OC(C)C)OC(C)C. The average molecular weight is 327 g/mol. The third kappa shape index (κ3) is 4.92. The second-order valence-electron chi connectivity index (χ2n) is 7.76. The van der Waals surface area contributed by atoms with Crippen LogP contribution < -0.4 is 0 Å². The lowest BCUT2D eigenvalue weighted by molar-refractivity contribution is 0.00190. The zero-order chi connectivity index (χ0) is 16.3. The van der Waals surface area contributed by atoms with E-state index in [-0.39, 0.29) is 18.3 Å². The molecule has 0 saturated heterocycles. The van der Waals surface area contributed by atoms with Crippen LogP contribution in [0.25, 0.3) is 0 Å². The Balaban J connectivity index is 2.02. The molecular weight excluding hydrogens is 292 g/mol. The fourth-order valence-corrected chi connectivity index (χ4v) is 7.33. The number of hydrogen-bond acceptors (Lipinski definition) is 3. The molecular formula is C18H34O3Si. The van der Waals surface area contributed by atoms with Gasteiger partial charge in [0.1, 0.15) is 0 Å². The average Bonchev–Trinajstić information content (AvgIpc) is 2.95. The Morgan fingerprint density at radius 2 is 1.41 bits per heavy atom. The van der Waals surface area contributed by atoms with Crippen LogP contribution in [0, 0.1) is 17.8 Å². The van der Waals surface area contributed by atoms with Crippen LogP contribution >= 0.6 is 0 Å². The van der Waals surface area contributed by atoms with E-state index in [0.717, 1.165) is 23.8 Å². The molecule has 128 valence electrons. The van der Waals surface area contributed by atoms with Gasteiger partial charge in [-0.05, 0) is 78.6 Å². The van der Waals surface area contributed by atoms with Crippen LogP contribution in [0.1, 0.15) is 60.8 Å². The zero-order valence-corrected chi connectivity index (χ0v) is 16.2. The minimum Gasteiger partial charge on any atom is -0.371 e. The fraction of sp³-hybridized carbons (Fsp3) is 0.889. The van der Waals surface area contributed by atoms with Crippen LogP contribution in [0.15, 0.2) is 12.2 Å². The lowest BCUT2D eigenvalue weighted by Gasteiger charge is -2.35. The minimum absolute atomic E-state index is 0.143. The van der Waals surface area contributed by atoms with Crippen LogP contribution in [0.2, 0.25) is 6.04 Å². The van der Waals surface area contributed by atoms with E-state index in [1.165, 1.54) is 19.3 Å². The van der Waals surface area contributed by atoms with Crippen LogP contribution in [0.5, 0.6) is 0 Å². The number of allylic oxidation sites excluding steroid dienone is 2. The maximum atomic E-state index is 6.28. The van der Waals surface area contributed by atoms with Gasteiger partial charge in [0.15, 0.2) is 0 Å². The molecule has 2 aliphatic carbocycles. The number of rotatable bonds is 9. The van der Waals surface area contributed by atoms with Crippen molar-refractivity contribution in [2.24, 2.45) is 17.8 Å². The van der Waals surface area contributed by atoms with Gasteiger partial charge < -0.3 is 13.3 Å². The van der Waals surface area contributed by atoms with Crippen molar-refractivity contribution in [2.75, 3.05) is 0 Å². The van der Waals surface area contributed by atoms with Gasteiger partial charge >= 0.3 is 8.80 Å². The van der Waals surface area contributed by atoms with Crippen molar-refractivity contribution in [3.8, 4) is 0 Å². The molecule has 1 saturated carbocycles. The third-order valence-corrected chi connectivity index (χ3v) is 7.88. The molecule has 0 N–H and O–H groups in total.